The number of carbonyl (C=O) groups is 1. The van der Waals surface area contributed by atoms with Gasteiger partial charge in [-0.25, -0.2) is 0 Å². The largest absolute Gasteiger partial charge is 0.497 e. The van der Waals surface area contributed by atoms with Crippen molar-refractivity contribution in [2.24, 2.45) is 0 Å². The number of para-hydroxylation sites is 2. The van der Waals surface area contributed by atoms with Crippen LogP contribution in [0.25, 0.3) is 0 Å². The van der Waals surface area contributed by atoms with Crippen molar-refractivity contribution in [2.45, 2.75) is 24.8 Å². The molecular formula is C28H26N2O5. The van der Waals surface area contributed by atoms with E-state index in [1.54, 1.807) is 14.2 Å². The Morgan fingerprint density at radius 2 is 1.71 bits per heavy atom. The van der Waals surface area contributed by atoms with E-state index in [1.807, 2.05) is 60.7 Å². The average molecular weight is 471 g/mol. The van der Waals surface area contributed by atoms with Crippen molar-refractivity contribution >= 4 is 17.2 Å². The molecule has 6 rings (SSSR count). The second-order valence-corrected chi connectivity index (χ2v) is 8.89. The molecule has 3 aliphatic rings. The molecule has 3 aromatic rings. The molecule has 0 radical (unpaired) electrons. The van der Waals surface area contributed by atoms with Gasteiger partial charge in [0.15, 0.2) is 17.3 Å². The first-order chi connectivity index (χ1) is 17.1. The van der Waals surface area contributed by atoms with Crippen molar-refractivity contribution in [3.63, 3.8) is 0 Å². The Labute approximate surface area is 203 Å². The van der Waals surface area contributed by atoms with Crippen LogP contribution in [0.2, 0.25) is 0 Å². The van der Waals surface area contributed by atoms with Gasteiger partial charge in [-0.05, 0) is 54.4 Å². The first-order valence-electron chi connectivity index (χ1n) is 11.6. The third-order valence-electron chi connectivity index (χ3n) is 6.92. The summed E-state index contributed by atoms with van der Waals surface area (Å²) >= 11 is 0. The highest BCUT2D eigenvalue weighted by Crippen LogP contribution is 2.47. The molecule has 3 aromatic carbocycles. The van der Waals surface area contributed by atoms with Crippen molar-refractivity contribution in [1.29, 1.82) is 0 Å². The third-order valence-corrected chi connectivity index (χ3v) is 6.92. The maximum absolute atomic E-state index is 13.8. The Balaban J connectivity index is 1.45. The topological polar surface area (TPSA) is 78.1 Å². The van der Waals surface area contributed by atoms with Crippen LogP contribution in [0.1, 0.15) is 35.9 Å². The fraction of sp³-hybridized carbons (Fsp3) is 0.250. The van der Waals surface area contributed by atoms with Crippen LogP contribution >= 0.6 is 0 Å². The molecule has 0 amide bonds. The lowest BCUT2D eigenvalue weighted by Gasteiger charge is -2.30. The van der Waals surface area contributed by atoms with Crippen molar-refractivity contribution in [3.8, 4) is 23.0 Å². The number of hydrogen-bond donors (Lipinski definition) is 2. The average Bonchev–Trinajstić information content (AvgIpc) is 3.29. The van der Waals surface area contributed by atoms with Crippen LogP contribution in [-0.4, -0.2) is 26.8 Å². The zero-order valence-corrected chi connectivity index (χ0v) is 19.6. The van der Waals surface area contributed by atoms with Crippen LogP contribution in [0.3, 0.4) is 0 Å². The minimum Gasteiger partial charge on any atom is -0.497 e. The van der Waals surface area contributed by atoms with E-state index in [-0.39, 0.29) is 24.5 Å². The predicted molar refractivity (Wildman–Crippen MR) is 133 cm³/mol. The normalized spacial score (nSPS) is 20.2. The van der Waals surface area contributed by atoms with Crippen molar-refractivity contribution in [1.82, 2.24) is 0 Å². The number of benzene rings is 3. The van der Waals surface area contributed by atoms with Gasteiger partial charge in [-0.15, -0.1) is 0 Å². The molecule has 1 aliphatic carbocycles. The van der Waals surface area contributed by atoms with E-state index >= 15 is 0 Å². The highest BCUT2D eigenvalue weighted by Gasteiger charge is 2.37. The van der Waals surface area contributed by atoms with Crippen LogP contribution in [0.5, 0.6) is 23.0 Å². The van der Waals surface area contributed by atoms with Gasteiger partial charge in [-0.1, -0.05) is 18.2 Å². The van der Waals surface area contributed by atoms with Crippen LogP contribution in [-0.2, 0) is 4.79 Å². The molecule has 0 saturated carbocycles. The van der Waals surface area contributed by atoms with Crippen LogP contribution in [0.15, 0.2) is 71.9 Å². The van der Waals surface area contributed by atoms with Crippen LogP contribution in [0, 0.1) is 0 Å². The predicted octanol–water partition coefficient (Wildman–Crippen LogP) is 5.41. The molecule has 2 aliphatic heterocycles. The number of ketones is 1. The summed E-state index contributed by atoms with van der Waals surface area (Å²) in [5.41, 5.74) is 5.46. The minimum absolute atomic E-state index is 0.0403. The zero-order chi connectivity index (χ0) is 23.9. The number of fused-ring (bicyclic) bond motifs is 2. The van der Waals surface area contributed by atoms with E-state index < -0.39 is 0 Å². The number of rotatable bonds is 4. The lowest BCUT2D eigenvalue weighted by Crippen LogP contribution is -2.27. The van der Waals surface area contributed by atoms with Gasteiger partial charge in [0.25, 0.3) is 0 Å². The molecule has 35 heavy (non-hydrogen) atoms. The van der Waals surface area contributed by atoms with E-state index in [0.717, 1.165) is 51.0 Å². The number of Topliss-reactive ketones (excluding diaryl/α,β-unsaturated/α-hetero) is 1. The summed E-state index contributed by atoms with van der Waals surface area (Å²) in [6.45, 7) is 0.207. The minimum atomic E-state index is -0.323. The van der Waals surface area contributed by atoms with Gasteiger partial charge >= 0.3 is 0 Å². The van der Waals surface area contributed by atoms with E-state index in [4.69, 9.17) is 18.9 Å². The number of ether oxygens (including phenoxy) is 4. The number of allylic oxidation sites excluding steroid dienone is 1. The van der Waals surface area contributed by atoms with Crippen molar-refractivity contribution < 1.29 is 23.7 Å². The van der Waals surface area contributed by atoms with Crippen molar-refractivity contribution in [2.75, 3.05) is 31.6 Å². The van der Waals surface area contributed by atoms with Crippen molar-refractivity contribution in [3.05, 3.63) is 83.1 Å². The zero-order valence-electron chi connectivity index (χ0n) is 19.6. The first-order valence-corrected chi connectivity index (χ1v) is 11.6. The summed E-state index contributed by atoms with van der Waals surface area (Å²) in [7, 11) is 3.30. The summed E-state index contributed by atoms with van der Waals surface area (Å²) in [6, 6.07) is 19.3. The molecule has 2 heterocycles. The molecule has 2 atom stereocenters. The molecule has 0 bridgehead atoms. The second kappa shape index (κ2) is 8.58. The fourth-order valence-electron chi connectivity index (χ4n) is 5.21. The number of hydrogen-bond acceptors (Lipinski definition) is 7. The maximum Gasteiger partial charge on any atom is 0.231 e. The van der Waals surface area contributed by atoms with Gasteiger partial charge in [0.2, 0.25) is 6.79 Å². The van der Waals surface area contributed by atoms with Gasteiger partial charge in [-0.2, -0.15) is 0 Å². The molecule has 178 valence electrons. The SMILES string of the molecule is COc1ccc(OC)c(C2CC(=O)C3=C(C2)Nc2ccccc2NC3c2ccc3c(c2)OCO3)c1. The Kier molecular flexibility index (Phi) is 5.25. The Bertz CT molecular complexity index is 1350. The summed E-state index contributed by atoms with van der Waals surface area (Å²) in [4.78, 5) is 13.8. The number of methoxy groups -OCH3 is 2. The third kappa shape index (κ3) is 3.73. The molecule has 2 N–H and O–H groups in total. The highest BCUT2D eigenvalue weighted by atomic mass is 16.7. The Hall–Kier alpha value is -4.13. The molecule has 2 unspecified atom stereocenters. The smallest absolute Gasteiger partial charge is 0.231 e. The van der Waals surface area contributed by atoms with Gasteiger partial charge in [0.1, 0.15) is 11.5 Å². The lowest BCUT2D eigenvalue weighted by atomic mass is 9.78. The quantitative estimate of drug-likeness (QED) is 0.528. The molecule has 7 heteroatoms. The van der Waals surface area contributed by atoms with E-state index in [2.05, 4.69) is 10.6 Å². The number of nitrogens with one attached hydrogen (secondary N) is 2. The summed E-state index contributed by atoms with van der Waals surface area (Å²) < 4.78 is 22.2. The summed E-state index contributed by atoms with van der Waals surface area (Å²) in [5, 5.41) is 7.19. The second-order valence-electron chi connectivity index (χ2n) is 8.89. The van der Waals surface area contributed by atoms with E-state index in [0.29, 0.717) is 18.6 Å². The molecule has 0 fully saturated rings. The molecule has 0 saturated heterocycles. The summed E-state index contributed by atoms with van der Waals surface area (Å²) in [5.74, 6) is 2.96. The van der Waals surface area contributed by atoms with Gasteiger partial charge in [0.05, 0.1) is 31.6 Å². The van der Waals surface area contributed by atoms with Crippen LogP contribution < -0.4 is 29.6 Å². The first kappa shape index (κ1) is 21.4. The van der Waals surface area contributed by atoms with E-state index in [1.165, 1.54) is 0 Å². The van der Waals surface area contributed by atoms with E-state index in [9.17, 15) is 4.79 Å². The molecule has 7 nitrogen and oxygen atoms in total. The van der Waals surface area contributed by atoms with Gasteiger partial charge in [-0.3, -0.25) is 4.79 Å². The van der Waals surface area contributed by atoms with Gasteiger partial charge in [0, 0.05) is 29.2 Å². The maximum atomic E-state index is 13.8. The molecule has 0 spiro atoms. The molecule has 0 aromatic heterocycles. The summed E-state index contributed by atoms with van der Waals surface area (Å²) in [6.07, 6.45) is 1.05. The standard InChI is InChI=1S/C28H26N2O5/c1-32-18-8-10-24(33-2)19(14-18)17-11-22-27(23(31)12-17)28(30-21-6-4-3-5-20(21)29-22)16-7-9-25-26(13-16)35-15-34-25/h3-10,13-14,17,28-30H,11-12,15H2,1-2H3. The lowest BCUT2D eigenvalue weighted by molar-refractivity contribution is -0.116. The molecular weight excluding hydrogens is 444 g/mol. The monoisotopic (exact) mass is 470 g/mol. The fourth-order valence-corrected chi connectivity index (χ4v) is 5.21. The number of anilines is 2. The highest BCUT2D eigenvalue weighted by molar-refractivity contribution is 6.01. The number of carbonyl (C=O) groups excluding carboxylic acids is 1. The Morgan fingerprint density at radius 1 is 0.886 bits per heavy atom. The van der Waals surface area contributed by atoms with Gasteiger partial charge < -0.3 is 29.6 Å². The van der Waals surface area contributed by atoms with Crippen LogP contribution in [0.4, 0.5) is 11.4 Å². The Morgan fingerprint density at radius 3 is 2.54 bits per heavy atom.